The fraction of sp³-hybridized carbons (Fsp3) is 0.417. The molecule has 0 bridgehead atoms. The monoisotopic (exact) mass is 506 g/mol. The summed E-state index contributed by atoms with van der Waals surface area (Å²) in [6.45, 7) is 30.9. The van der Waals surface area contributed by atoms with Crippen molar-refractivity contribution < 1.29 is 4.42 Å². The van der Waals surface area contributed by atoms with Crippen molar-refractivity contribution >= 4 is 43.5 Å². The first-order valence-electron chi connectivity index (χ1n) is 13.9. The van der Waals surface area contributed by atoms with E-state index < -0.39 is 0 Å². The summed E-state index contributed by atoms with van der Waals surface area (Å²) in [6.07, 6.45) is 0. The van der Waals surface area contributed by atoms with Gasteiger partial charge in [0.15, 0.2) is 5.43 Å². The van der Waals surface area contributed by atoms with E-state index in [0.717, 1.165) is 38.6 Å². The van der Waals surface area contributed by atoms with Gasteiger partial charge in [-0.3, -0.25) is 4.79 Å². The number of hydrogen-bond donors (Lipinski definition) is 0. The lowest BCUT2D eigenvalue weighted by Gasteiger charge is -2.29. The molecule has 198 valence electrons. The van der Waals surface area contributed by atoms with Crippen molar-refractivity contribution in [2.75, 3.05) is 0 Å². The molecule has 0 amide bonds. The van der Waals surface area contributed by atoms with E-state index in [1.54, 1.807) is 0 Å². The second kappa shape index (κ2) is 8.18. The van der Waals surface area contributed by atoms with Crippen LogP contribution in [0.1, 0.15) is 87.5 Å². The highest BCUT2D eigenvalue weighted by molar-refractivity contribution is 6.19. The molecule has 0 unspecified atom stereocenters. The topological polar surface area (TPSA) is 30.2 Å². The Kier molecular flexibility index (Phi) is 5.70. The Hall–Kier alpha value is -3.13. The van der Waals surface area contributed by atoms with Gasteiger partial charge in [0.05, 0.1) is 0 Å². The van der Waals surface area contributed by atoms with Gasteiger partial charge in [-0.1, -0.05) is 20.8 Å². The number of fused-ring (bicyclic) bond motifs is 6. The molecule has 2 heteroatoms. The molecule has 1 aromatic heterocycles. The maximum absolute atomic E-state index is 13.1. The summed E-state index contributed by atoms with van der Waals surface area (Å²) in [5, 5.41) is 7.10. The van der Waals surface area contributed by atoms with Crippen LogP contribution in [-0.4, -0.2) is 0 Å². The minimum Gasteiger partial charge on any atom is -0.455 e. The highest BCUT2D eigenvalue weighted by Crippen LogP contribution is 2.46. The van der Waals surface area contributed by atoms with Crippen molar-refractivity contribution in [2.45, 2.75) is 102 Å². The van der Waals surface area contributed by atoms with E-state index in [2.05, 4.69) is 83.1 Å². The van der Waals surface area contributed by atoms with Crippen LogP contribution in [0.4, 0.5) is 0 Å². The van der Waals surface area contributed by atoms with Gasteiger partial charge >= 0.3 is 0 Å². The predicted octanol–water partition coefficient (Wildman–Crippen LogP) is 9.94. The minimum atomic E-state index is 0.0475. The number of hydrogen-bond acceptors (Lipinski definition) is 2. The number of rotatable bonds is 0. The molecule has 0 saturated heterocycles. The third-order valence-corrected chi connectivity index (χ3v) is 9.79. The Morgan fingerprint density at radius 1 is 0.395 bits per heavy atom. The van der Waals surface area contributed by atoms with E-state index in [9.17, 15) is 4.79 Å². The molecule has 2 nitrogen and oxygen atoms in total. The third-order valence-electron chi connectivity index (χ3n) is 9.79. The molecule has 0 aliphatic rings. The summed E-state index contributed by atoms with van der Waals surface area (Å²) in [5.74, 6) is 0. The lowest BCUT2D eigenvalue weighted by atomic mass is 9.76. The molecule has 0 N–H and O–H groups in total. The predicted molar refractivity (Wildman–Crippen MR) is 166 cm³/mol. The van der Waals surface area contributed by atoms with Gasteiger partial charge in [-0.2, -0.15) is 0 Å². The highest BCUT2D eigenvalue weighted by atomic mass is 16.3. The van der Waals surface area contributed by atoms with E-state index in [-0.39, 0.29) is 10.8 Å². The molecule has 0 radical (unpaired) electrons. The van der Waals surface area contributed by atoms with Crippen molar-refractivity contribution in [1.29, 1.82) is 0 Å². The summed E-state index contributed by atoms with van der Waals surface area (Å²) in [4.78, 5) is 13.1. The van der Waals surface area contributed by atoms with Gasteiger partial charge < -0.3 is 4.42 Å². The molecule has 0 spiro atoms. The zero-order valence-electron chi connectivity index (χ0n) is 25.8. The van der Waals surface area contributed by atoms with Gasteiger partial charge in [0.2, 0.25) is 0 Å². The van der Waals surface area contributed by atoms with Crippen molar-refractivity contribution in [3.05, 3.63) is 77.0 Å². The smallest absolute Gasteiger partial charge is 0.185 e. The fourth-order valence-electron chi connectivity index (χ4n) is 7.59. The Morgan fingerprint density at radius 2 is 0.763 bits per heavy atom. The Morgan fingerprint density at radius 3 is 1.21 bits per heavy atom. The van der Waals surface area contributed by atoms with Gasteiger partial charge in [0.25, 0.3) is 0 Å². The van der Waals surface area contributed by atoms with Crippen molar-refractivity contribution in [3.8, 4) is 0 Å². The summed E-state index contributed by atoms with van der Waals surface area (Å²) in [6, 6.07) is 0. The van der Waals surface area contributed by atoms with Crippen molar-refractivity contribution in [2.24, 2.45) is 0 Å². The maximum atomic E-state index is 13.1. The quantitative estimate of drug-likeness (QED) is 0.154. The summed E-state index contributed by atoms with van der Waals surface area (Å²) < 4.78 is 7.17. The lowest BCUT2D eigenvalue weighted by molar-refractivity contribution is 0.582. The Bertz CT molecular complexity index is 1950. The molecule has 0 saturated carbocycles. The average Bonchev–Trinajstić information content (AvgIpc) is 2.83. The van der Waals surface area contributed by atoms with Crippen LogP contribution in [0, 0.1) is 76.2 Å². The number of aryl methyl sites for hydroxylation is 9. The molecule has 5 aromatic rings. The SMILES string of the molecule is Cc1c(C(C)(C)C)c(C)c2c(C)c(C)c3c(C)c4c(C)c(C)c5c(C)c(=O)c(C)c(C)c5c4oc3c2c1C. The Balaban J connectivity index is 2.22. The summed E-state index contributed by atoms with van der Waals surface area (Å²) >= 11 is 0. The van der Waals surface area contributed by atoms with Gasteiger partial charge in [-0.15, -0.1) is 0 Å². The largest absolute Gasteiger partial charge is 0.455 e. The second-order valence-electron chi connectivity index (χ2n) is 12.8. The van der Waals surface area contributed by atoms with E-state index in [0.29, 0.717) is 0 Å². The van der Waals surface area contributed by atoms with Gasteiger partial charge in [0, 0.05) is 32.7 Å². The van der Waals surface area contributed by atoms with E-state index in [4.69, 9.17) is 4.42 Å². The van der Waals surface area contributed by atoms with E-state index in [1.165, 1.54) is 71.6 Å². The molecule has 38 heavy (non-hydrogen) atoms. The first kappa shape index (κ1) is 26.5. The molecule has 5 rings (SSSR count). The van der Waals surface area contributed by atoms with Crippen LogP contribution in [0.2, 0.25) is 0 Å². The van der Waals surface area contributed by atoms with Crippen LogP contribution in [-0.2, 0) is 5.41 Å². The molecule has 0 atom stereocenters. The van der Waals surface area contributed by atoms with Gasteiger partial charge in [-0.05, 0) is 148 Å². The normalized spacial score (nSPS) is 12.6. The van der Waals surface area contributed by atoms with Crippen molar-refractivity contribution in [3.63, 3.8) is 0 Å². The summed E-state index contributed by atoms with van der Waals surface area (Å²) in [5.41, 5.74) is 16.4. The molecular formula is C36H42O2. The first-order valence-corrected chi connectivity index (χ1v) is 13.9. The lowest BCUT2D eigenvalue weighted by Crippen LogP contribution is -2.17. The second-order valence-corrected chi connectivity index (χ2v) is 12.8. The highest BCUT2D eigenvalue weighted by Gasteiger charge is 2.28. The van der Waals surface area contributed by atoms with Crippen LogP contribution in [0.5, 0.6) is 0 Å². The number of benzene rings is 4. The maximum Gasteiger partial charge on any atom is 0.185 e. The zero-order valence-corrected chi connectivity index (χ0v) is 25.8. The average molecular weight is 507 g/mol. The van der Waals surface area contributed by atoms with Gasteiger partial charge in [-0.25, -0.2) is 0 Å². The Labute approximate surface area is 227 Å². The van der Waals surface area contributed by atoms with Gasteiger partial charge in [0.1, 0.15) is 11.2 Å². The van der Waals surface area contributed by atoms with Crippen LogP contribution in [0.3, 0.4) is 0 Å². The fourth-order valence-corrected chi connectivity index (χ4v) is 7.59. The molecule has 4 aromatic carbocycles. The zero-order chi connectivity index (χ0) is 28.3. The van der Waals surface area contributed by atoms with Crippen molar-refractivity contribution in [1.82, 2.24) is 0 Å². The first-order chi connectivity index (χ1) is 17.5. The van der Waals surface area contributed by atoms with Crippen LogP contribution in [0.15, 0.2) is 9.21 Å². The van der Waals surface area contributed by atoms with Crippen LogP contribution < -0.4 is 5.43 Å². The standard InChI is InChI=1S/C36H42O2/c1-15-17(3)28-23(9)29-18(4)16(2)27-25(11)33(37)22(8)20(6)31(27)35(29)38-34(28)30-19(5)21(7)32(36(12,13)14)24(10)26(15)30/h1-14H3. The molecule has 0 fully saturated rings. The molecule has 0 aliphatic carbocycles. The molecular weight excluding hydrogens is 464 g/mol. The molecule has 1 heterocycles. The third kappa shape index (κ3) is 3.15. The summed E-state index contributed by atoms with van der Waals surface area (Å²) in [7, 11) is 0. The van der Waals surface area contributed by atoms with E-state index >= 15 is 0 Å². The van der Waals surface area contributed by atoms with E-state index in [1.807, 2.05) is 13.8 Å². The van der Waals surface area contributed by atoms with Crippen LogP contribution >= 0.6 is 0 Å². The molecule has 0 aliphatic heterocycles. The minimum absolute atomic E-state index is 0.0475. The van der Waals surface area contributed by atoms with Crippen LogP contribution in [0.25, 0.3) is 43.5 Å².